The molecule has 0 saturated carbocycles. The Morgan fingerprint density at radius 3 is 3.00 bits per heavy atom. The van der Waals surface area contributed by atoms with Crippen LogP contribution in [0.5, 0.6) is 0 Å². The summed E-state index contributed by atoms with van der Waals surface area (Å²) in [5.41, 5.74) is 1.32. The highest BCUT2D eigenvalue weighted by Crippen LogP contribution is 2.01. The average Bonchev–Trinajstić information content (AvgIpc) is 2.19. The van der Waals surface area contributed by atoms with Crippen LogP contribution in [0.25, 0.3) is 6.08 Å². The molecule has 0 aliphatic rings. The second-order valence-electron chi connectivity index (χ2n) is 2.96. The first kappa shape index (κ1) is 10.6. The molecule has 1 N–H and O–H groups in total. The molecule has 0 aromatic carbocycles. The number of nitrogens with one attached hydrogen (secondary N) is 1. The fraction of sp³-hybridized carbons (Fsp3) is 0.273. The number of hydrogen-bond donors (Lipinski definition) is 1. The molecular formula is C11H14N2O. The lowest BCUT2D eigenvalue weighted by molar-refractivity contribution is 0.101. The fourth-order valence-electron chi connectivity index (χ4n) is 1.04. The molecule has 0 saturated heterocycles. The summed E-state index contributed by atoms with van der Waals surface area (Å²) in [5, 5.41) is 2.99. The fourth-order valence-corrected chi connectivity index (χ4v) is 1.04. The van der Waals surface area contributed by atoms with Gasteiger partial charge in [-0.25, -0.2) is 4.98 Å². The smallest absolute Gasteiger partial charge is 0.178 e. The lowest BCUT2D eigenvalue weighted by Crippen LogP contribution is -2.04. The Bertz CT molecular complexity index is 345. The van der Waals surface area contributed by atoms with Crippen LogP contribution in [0, 0.1) is 0 Å². The molecule has 74 valence electrons. The van der Waals surface area contributed by atoms with E-state index in [-0.39, 0.29) is 5.78 Å². The number of Topliss-reactive ketones (excluding diaryl/α,β-unsaturated/α-hetero) is 1. The zero-order chi connectivity index (χ0) is 10.4. The van der Waals surface area contributed by atoms with E-state index in [4.69, 9.17) is 0 Å². The van der Waals surface area contributed by atoms with Crippen LogP contribution in [0.4, 0.5) is 0 Å². The second-order valence-corrected chi connectivity index (χ2v) is 2.96. The Hall–Kier alpha value is -1.48. The zero-order valence-electron chi connectivity index (χ0n) is 8.45. The minimum Gasteiger partial charge on any atom is -0.316 e. The number of ketones is 1. The molecule has 0 aliphatic heterocycles. The van der Waals surface area contributed by atoms with Crippen molar-refractivity contribution in [2.24, 2.45) is 0 Å². The van der Waals surface area contributed by atoms with Gasteiger partial charge in [-0.1, -0.05) is 12.1 Å². The van der Waals surface area contributed by atoms with Gasteiger partial charge in [0.05, 0.1) is 5.69 Å². The van der Waals surface area contributed by atoms with Crippen molar-refractivity contribution in [3.05, 3.63) is 35.7 Å². The maximum absolute atomic E-state index is 11.0. The molecule has 1 aromatic rings. The van der Waals surface area contributed by atoms with Crippen LogP contribution in [0.15, 0.2) is 24.3 Å². The molecule has 0 radical (unpaired) electrons. The Morgan fingerprint density at radius 1 is 1.57 bits per heavy atom. The Labute approximate surface area is 83.9 Å². The quantitative estimate of drug-likeness (QED) is 0.732. The van der Waals surface area contributed by atoms with Gasteiger partial charge in [-0.2, -0.15) is 0 Å². The summed E-state index contributed by atoms with van der Waals surface area (Å²) < 4.78 is 0. The molecular weight excluding hydrogens is 176 g/mol. The van der Waals surface area contributed by atoms with Crippen molar-refractivity contribution in [1.29, 1.82) is 0 Å². The lowest BCUT2D eigenvalue weighted by atomic mass is 10.2. The van der Waals surface area contributed by atoms with E-state index in [9.17, 15) is 4.79 Å². The number of nitrogens with zero attached hydrogens (tertiary/aromatic N) is 1. The van der Waals surface area contributed by atoms with Crippen molar-refractivity contribution >= 4 is 11.9 Å². The highest BCUT2D eigenvalue weighted by atomic mass is 16.1. The summed E-state index contributed by atoms with van der Waals surface area (Å²) in [4.78, 5) is 15.2. The Kier molecular flexibility index (Phi) is 4.01. The van der Waals surface area contributed by atoms with E-state index in [1.54, 1.807) is 6.07 Å². The van der Waals surface area contributed by atoms with Gasteiger partial charge in [0.15, 0.2) is 5.78 Å². The first-order valence-electron chi connectivity index (χ1n) is 4.53. The van der Waals surface area contributed by atoms with Crippen LogP contribution in [0.2, 0.25) is 0 Å². The number of aromatic nitrogens is 1. The maximum atomic E-state index is 11.0. The standard InChI is InChI=1S/C11H14N2O/c1-9(14)11-7-3-5-10(13-11)6-4-8-12-2/h3-7,12H,8H2,1-2H3. The molecule has 0 spiro atoms. The number of hydrogen-bond acceptors (Lipinski definition) is 3. The normalized spacial score (nSPS) is 10.7. The van der Waals surface area contributed by atoms with Gasteiger partial charge >= 0.3 is 0 Å². The van der Waals surface area contributed by atoms with Gasteiger partial charge < -0.3 is 5.32 Å². The predicted molar refractivity (Wildman–Crippen MR) is 57.2 cm³/mol. The van der Waals surface area contributed by atoms with E-state index in [1.165, 1.54) is 6.92 Å². The highest BCUT2D eigenvalue weighted by molar-refractivity contribution is 5.92. The summed E-state index contributed by atoms with van der Waals surface area (Å²) >= 11 is 0. The van der Waals surface area contributed by atoms with Crippen LogP contribution in [0.3, 0.4) is 0 Å². The van der Waals surface area contributed by atoms with E-state index < -0.39 is 0 Å². The molecule has 0 fully saturated rings. The molecule has 0 amide bonds. The number of carbonyl (C=O) groups excluding carboxylic acids is 1. The van der Waals surface area contributed by atoms with Gasteiger partial charge in [-0.15, -0.1) is 0 Å². The SMILES string of the molecule is CNCC=Cc1cccc(C(C)=O)n1. The van der Waals surface area contributed by atoms with Gasteiger partial charge in [0.1, 0.15) is 5.69 Å². The highest BCUT2D eigenvalue weighted by Gasteiger charge is 1.99. The lowest BCUT2D eigenvalue weighted by Gasteiger charge is -1.96. The van der Waals surface area contributed by atoms with Crippen LogP contribution >= 0.6 is 0 Å². The first-order valence-corrected chi connectivity index (χ1v) is 4.53. The van der Waals surface area contributed by atoms with E-state index in [1.807, 2.05) is 31.3 Å². The van der Waals surface area contributed by atoms with Crippen LogP contribution in [-0.4, -0.2) is 24.4 Å². The first-order chi connectivity index (χ1) is 6.74. The van der Waals surface area contributed by atoms with Crippen molar-refractivity contribution in [3.8, 4) is 0 Å². The zero-order valence-corrected chi connectivity index (χ0v) is 8.45. The third kappa shape index (κ3) is 3.11. The number of carbonyl (C=O) groups is 1. The topological polar surface area (TPSA) is 42.0 Å². The van der Waals surface area contributed by atoms with Crippen molar-refractivity contribution in [2.75, 3.05) is 13.6 Å². The molecule has 3 nitrogen and oxygen atoms in total. The van der Waals surface area contributed by atoms with E-state index in [2.05, 4.69) is 10.3 Å². The molecule has 0 unspecified atom stereocenters. The molecule has 1 aromatic heterocycles. The number of pyridine rings is 1. The summed E-state index contributed by atoms with van der Waals surface area (Å²) in [6.45, 7) is 2.31. The van der Waals surface area contributed by atoms with Gasteiger partial charge in [-0.05, 0) is 25.3 Å². The Balaban J connectivity index is 2.78. The third-order valence-corrected chi connectivity index (χ3v) is 1.74. The summed E-state index contributed by atoms with van der Waals surface area (Å²) in [5.74, 6) is -0.00568. The van der Waals surface area contributed by atoms with Crippen molar-refractivity contribution in [1.82, 2.24) is 10.3 Å². The van der Waals surface area contributed by atoms with Crippen LogP contribution in [0.1, 0.15) is 23.1 Å². The predicted octanol–water partition coefficient (Wildman–Crippen LogP) is 1.52. The average molecular weight is 190 g/mol. The van der Waals surface area contributed by atoms with Gasteiger partial charge in [0.2, 0.25) is 0 Å². The molecule has 0 atom stereocenters. The summed E-state index contributed by atoms with van der Waals surface area (Å²) in [6.07, 6.45) is 3.86. The van der Waals surface area contributed by atoms with Gasteiger partial charge in [-0.3, -0.25) is 4.79 Å². The van der Waals surface area contributed by atoms with Gasteiger partial charge in [0.25, 0.3) is 0 Å². The number of rotatable bonds is 4. The number of likely N-dealkylation sites (N-methyl/N-ethyl adjacent to an activating group) is 1. The van der Waals surface area contributed by atoms with E-state index in [0.29, 0.717) is 5.69 Å². The van der Waals surface area contributed by atoms with E-state index in [0.717, 1.165) is 12.2 Å². The second kappa shape index (κ2) is 5.29. The molecule has 0 bridgehead atoms. The summed E-state index contributed by atoms with van der Waals surface area (Å²) in [7, 11) is 1.88. The molecule has 3 heteroatoms. The largest absolute Gasteiger partial charge is 0.316 e. The minimum absolute atomic E-state index is 0.00568. The Morgan fingerprint density at radius 2 is 2.36 bits per heavy atom. The van der Waals surface area contributed by atoms with E-state index >= 15 is 0 Å². The third-order valence-electron chi connectivity index (χ3n) is 1.74. The van der Waals surface area contributed by atoms with Crippen molar-refractivity contribution in [2.45, 2.75) is 6.92 Å². The molecule has 14 heavy (non-hydrogen) atoms. The molecule has 1 heterocycles. The monoisotopic (exact) mass is 190 g/mol. The van der Waals surface area contributed by atoms with Crippen molar-refractivity contribution in [3.63, 3.8) is 0 Å². The molecule has 0 aliphatic carbocycles. The van der Waals surface area contributed by atoms with Crippen molar-refractivity contribution < 1.29 is 4.79 Å². The maximum Gasteiger partial charge on any atom is 0.178 e. The van der Waals surface area contributed by atoms with Gasteiger partial charge in [0, 0.05) is 13.5 Å². The minimum atomic E-state index is -0.00568. The van der Waals surface area contributed by atoms with Crippen LogP contribution < -0.4 is 5.32 Å². The van der Waals surface area contributed by atoms with Crippen LogP contribution in [-0.2, 0) is 0 Å². The molecule has 1 rings (SSSR count). The summed E-state index contributed by atoms with van der Waals surface area (Å²) in [6, 6.07) is 5.43.